The summed E-state index contributed by atoms with van der Waals surface area (Å²) in [6, 6.07) is 13.0. The fourth-order valence-electron chi connectivity index (χ4n) is 3.72. The molecule has 6 aromatic rings. The van der Waals surface area contributed by atoms with E-state index in [0.29, 0.717) is 52.2 Å². The van der Waals surface area contributed by atoms with Crippen molar-refractivity contribution in [3.63, 3.8) is 0 Å². The third-order valence-corrected chi connectivity index (χ3v) is 11.3. The Morgan fingerprint density at radius 3 is 1.58 bits per heavy atom. The molecule has 2 aromatic carbocycles. The van der Waals surface area contributed by atoms with Crippen LogP contribution in [0.1, 0.15) is 41.7 Å². The molecule has 0 aliphatic heterocycles. The van der Waals surface area contributed by atoms with Gasteiger partial charge in [0.2, 0.25) is 0 Å². The zero-order valence-corrected chi connectivity index (χ0v) is 30.3. The number of carbonyl (C=O) groups excluding carboxylic acids is 3. The molecular weight excluding hydrogens is 888 g/mol. The molecule has 12 nitrogen and oxygen atoms in total. The number of hydrogen-bond acceptors (Lipinski definition) is 9. The van der Waals surface area contributed by atoms with Crippen molar-refractivity contribution in [2.24, 2.45) is 0 Å². The molecule has 0 saturated heterocycles. The van der Waals surface area contributed by atoms with E-state index in [9.17, 15) is 19.2 Å². The lowest BCUT2D eigenvalue weighted by molar-refractivity contribution is 0.0599. The minimum absolute atomic E-state index is 0.186. The highest BCUT2D eigenvalue weighted by molar-refractivity contribution is 9.13. The van der Waals surface area contributed by atoms with Crippen LogP contribution in [0.5, 0.6) is 0 Å². The first-order valence-corrected chi connectivity index (χ1v) is 17.1. The number of hydrogen-bond donors (Lipinski definition) is 5. The van der Waals surface area contributed by atoms with Crippen molar-refractivity contribution >= 4 is 141 Å². The molecule has 0 aliphatic rings. The Bertz CT molecular complexity index is 2080. The van der Waals surface area contributed by atoms with Gasteiger partial charge in [-0.25, -0.2) is 19.6 Å². The molecule has 0 bridgehead atoms. The van der Waals surface area contributed by atoms with Crippen LogP contribution in [0.3, 0.4) is 0 Å². The van der Waals surface area contributed by atoms with Gasteiger partial charge >= 0.3 is 11.9 Å². The van der Waals surface area contributed by atoms with E-state index in [4.69, 9.17) is 9.84 Å². The molecule has 2 amide bonds. The number of aromatic carboxylic acids is 1. The van der Waals surface area contributed by atoms with Crippen LogP contribution in [0, 0.1) is 0 Å². The average Bonchev–Trinajstić information content (AvgIpc) is 3.77. The Morgan fingerprint density at radius 1 is 0.733 bits per heavy atom. The summed E-state index contributed by atoms with van der Waals surface area (Å²) in [5.41, 5.74) is 2.75. The van der Waals surface area contributed by atoms with Gasteiger partial charge in [0.1, 0.15) is 11.4 Å². The number of anilines is 2. The van der Waals surface area contributed by atoms with Crippen LogP contribution in [-0.2, 0) is 4.74 Å². The summed E-state index contributed by atoms with van der Waals surface area (Å²) in [5.74, 6) is -2.04. The number of halogens is 4. The lowest BCUT2D eigenvalue weighted by Gasteiger charge is -1.97. The Morgan fingerprint density at radius 2 is 1.18 bits per heavy atom. The molecule has 0 fully saturated rings. The van der Waals surface area contributed by atoms with Crippen LogP contribution in [0.2, 0.25) is 0 Å². The van der Waals surface area contributed by atoms with Crippen LogP contribution >= 0.6 is 86.4 Å². The highest BCUT2D eigenvalue weighted by Crippen LogP contribution is 2.30. The first-order valence-electron chi connectivity index (χ1n) is 12.3. The number of rotatable bonds is 6. The third-order valence-electron chi connectivity index (χ3n) is 5.83. The lowest BCUT2D eigenvalue weighted by Crippen LogP contribution is -2.11. The van der Waals surface area contributed by atoms with Crippen molar-refractivity contribution in [2.75, 3.05) is 17.7 Å². The van der Waals surface area contributed by atoms with Gasteiger partial charge in [0, 0.05) is 0 Å². The van der Waals surface area contributed by atoms with E-state index < -0.39 is 11.9 Å². The second-order valence-corrected chi connectivity index (χ2v) is 14.2. The van der Waals surface area contributed by atoms with Crippen molar-refractivity contribution in [2.45, 2.75) is 0 Å². The van der Waals surface area contributed by atoms with Crippen LogP contribution in [0.4, 0.5) is 10.3 Å². The second-order valence-electron chi connectivity index (χ2n) is 8.80. The number of nitrogens with zero attached hydrogens (tertiary/aromatic N) is 2. The fourth-order valence-corrected chi connectivity index (χ4v) is 6.83. The van der Waals surface area contributed by atoms with Gasteiger partial charge in [-0.3, -0.25) is 20.2 Å². The van der Waals surface area contributed by atoms with E-state index in [2.05, 4.69) is 94.3 Å². The fraction of sp³-hybridized carbons (Fsp3) is 0.0370. The van der Waals surface area contributed by atoms with Crippen molar-refractivity contribution in [3.05, 3.63) is 89.2 Å². The average molecular weight is 904 g/mol. The number of carboxylic acids is 1. The Kier molecular flexibility index (Phi) is 10.2. The first kappa shape index (κ1) is 33.0. The monoisotopic (exact) mass is 900 g/mol. The summed E-state index contributed by atoms with van der Waals surface area (Å²) < 4.78 is 9.04. The molecule has 0 atom stereocenters. The molecule has 0 unspecified atom stereocenters. The summed E-state index contributed by atoms with van der Waals surface area (Å²) in [4.78, 5) is 61.2. The Labute approximate surface area is 294 Å². The largest absolute Gasteiger partial charge is 0.478 e. The van der Waals surface area contributed by atoms with E-state index in [1.807, 2.05) is 0 Å². The molecule has 230 valence electrons. The normalized spacial score (nSPS) is 10.8. The van der Waals surface area contributed by atoms with Gasteiger partial charge in [-0.1, -0.05) is 22.7 Å². The summed E-state index contributed by atoms with van der Waals surface area (Å²) >= 11 is 15.7. The lowest BCUT2D eigenvalue weighted by atomic mass is 10.2. The molecule has 18 heteroatoms. The highest BCUT2D eigenvalue weighted by atomic mass is 79.9. The van der Waals surface area contributed by atoms with Gasteiger partial charge < -0.3 is 19.8 Å². The molecule has 0 saturated carbocycles. The van der Waals surface area contributed by atoms with Crippen molar-refractivity contribution < 1.29 is 29.0 Å². The van der Waals surface area contributed by atoms with Crippen LogP contribution in [-0.4, -0.2) is 55.9 Å². The van der Waals surface area contributed by atoms with E-state index in [-0.39, 0.29) is 17.4 Å². The quantitative estimate of drug-likeness (QED) is 0.104. The molecule has 5 N–H and O–H groups in total. The van der Waals surface area contributed by atoms with Crippen LogP contribution in [0.15, 0.2) is 66.7 Å². The number of carbonyl (C=O) groups is 4. The predicted molar refractivity (Wildman–Crippen MR) is 186 cm³/mol. The molecule has 0 radical (unpaired) electrons. The molecule has 6 rings (SSSR count). The maximum Gasteiger partial charge on any atom is 0.337 e. The van der Waals surface area contributed by atoms with Gasteiger partial charge in [0.05, 0.1) is 56.8 Å². The third kappa shape index (κ3) is 7.70. The van der Waals surface area contributed by atoms with Crippen molar-refractivity contribution in [1.29, 1.82) is 0 Å². The molecule has 0 aliphatic carbocycles. The number of aromatic amines is 2. The Balaban J connectivity index is 0.000000178. The summed E-state index contributed by atoms with van der Waals surface area (Å²) in [5, 5.41) is 15.2. The van der Waals surface area contributed by atoms with Gasteiger partial charge in [0.25, 0.3) is 11.8 Å². The zero-order valence-electron chi connectivity index (χ0n) is 22.3. The molecule has 0 spiro atoms. The number of thiazole rings is 2. The number of methoxy groups -OCH3 is 1. The molecule has 4 aromatic heterocycles. The number of fused-ring (bicyclic) bond motifs is 2. The van der Waals surface area contributed by atoms with Crippen LogP contribution in [0.25, 0.3) is 20.4 Å². The number of carboxylic acid groups (broad SMARTS) is 1. The summed E-state index contributed by atoms with van der Waals surface area (Å²) in [6.07, 6.45) is 0. The topological polar surface area (TPSA) is 179 Å². The second kappa shape index (κ2) is 13.9. The minimum Gasteiger partial charge on any atom is -0.478 e. The van der Waals surface area contributed by atoms with Crippen molar-refractivity contribution in [3.8, 4) is 0 Å². The number of aromatic nitrogens is 4. The minimum atomic E-state index is -0.998. The van der Waals surface area contributed by atoms with E-state index >= 15 is 0 Å². The molecule has 4 heterocycles. The first-order chi connectivity index (χ1) is 21.4. The number of nitrogens with one attached hydrogen (secondary N) is 4. The summed E-state index contributed by atoms with van der Waals surface area (Å²) in [7, 11) is 1.33. The van der Waals surface area contributed by atoms with Gasteiger partial charge in [-0.15, -0.1) is 0 Å². The number of ether oxygens (including phenoxy) is 1. The van der Waals surface area contributed by atoms with Gasteiger partial charge in [-0.2, -0.15) is 0 Å². The summed E-state index contributed by atoms with van der Waals surface area (Å²) in [6.45, 7) is 0. The highest BCUT2D eigenvalue weighted by Gasteiger charge is 2.16. The maximum absolute atomic E-state index is 12.2. The van der Waals surface area contributed by atoms with E-state index in [1.54, 1.807) is 36.4 Å². The number of H-pyrrole nitrogens is 2. The number of benzene rings is 2. The van der Waals surface area contributed by atoms with E-state index in [1.165, 1.54) is 41.9 Å². The standard InChI is InChI=1S/C14H9Br2N3O3S.C13H7Br2N3O3S/c1-22-13(21)6-2-3-8-10(4-6)23-14(18-8)19-12(20)9-5-7(15)11(16)17-9;14-6-4-8(16-10(6)15)11(19)18-13-17-7-2-1-5(12(20)21)3-9(7)22-13/h2-5,17H,1H3,(H,18,19,20);1-4,16H,(H,20,21)(H,17,18,19). The van der Waals surface area contributed by atoms with Gasteiger partial charge in [-0.05, 0) is 112 Å². The SMILES string of the molecule is COC(=O)c1ccc2nc(NC(=O)c3cc(Br)c(Br)[nH]3)sc2c1.O=C(O)c1ccc2nc(NC(=O)c3cc(Br)c(Br)[nH]3)sc2c1. The smallest absolute Gasteiger partial charge is 0.337 e. The Hall–Kier alpha value is -3.42. The predicted octanol–water partition coefficient (Wildman–Crippen LogP) is 8.29. The maximum atomic E-state index is 12.2. The number of amides is 2. The number of esters is 1. The molecular formula is C27H16Br4N6O6S2. The molecule has 45 heavy (non-hydrogen) atoms. The van der Waals surface area contributed by atoms with Crippen LogP contribution < -0.4 is 10.6 Å². The zero-order chi connectivity index (χ0) is 32.4. The van der Waals surface area contributed by atoms with E-state index in [0.717, 1.165) is 13.6 Å². The van der Waals surface area contributed by atoms with Crippen molar-refractivity contribution in [1.82, 2.24) is 19.9 Å². The van der Waals surface area contributed by atoms with Gasteiger partial charge in [0.15, 0.2) is 10.3 Å².